The van der Waals surface area contributed by atoms with E-state index in [1.54, 1.807) is 13.8 Å². The van der Waals surface area contributed by atoms with Gasteiger partial charge in [-0.25, -0.2) is 8.78 Å². The molecule has 20 heavy (non-hydrogen) atoms. The summed E-state index contributed by atoms with van der Waals surface area (Å²) < 4.78 is 26.1. The van der Waals surface area contributed by atoms with Crippen molar-refractivity contribution in [2.24, 2.45) is 5.92 Å². The molecule has 1 N–H and O–H groups in total. The Bertz CT molecular complexity index is 596. The highest BCUT2D eigenvalue weighted by atomic mass is 19.2. The normalized spacial score (nSPS) is 11.8. The molecule has 0 fully saturated rings. The standard InChI is InChI=1S/C12H11F2N3O3/c1-6(2)10(5-15)16-12(18)7-3-8(13)9(14)4-11(7)17(19)20/h3-4,6,10H,1-2H3,(H,16,18). The van der Waals surface area contributed by atoms with Gasteiger partial charge in [0.05, 0.1) is 17.1 Å². The summed E-state index contributed by atoms with van der Waals surface area (Å²) in [5.41, 5.74) is -1.49. The molecular formula is C12H11F2N3O3. The number of nitro benzene ring substituents is 1. The summed E-state index contributed by atoms with van der Waals surface area (Å²) in [6, 6.07) is 1.69. The van der Waals surface area contributed by atoms with Gasteiger partial charge in [-0.05, 0) is 12.0 Å². The first kappa shape index (κ1) is 15.5. The van der Waals surface area contributed by atoms with Crippen molar-refractivity contribution < 1.29 is 18.5 Å². The van der Waals surface area contributed by atoms with Gasteiger partial charge in [-0.1, -0.05) is 13.8 Å². The average Bonchev–Trinajstić information content (AvgIpc) is 2.37. The number of benzene rings is 1. The van der Waals surface area contributed by atoms with Gasteiger partial charge in [0.1, 0.15) is 11.6 Å². The zero-order valence-corrected chi connectivity index (χ0v) is 10.7. The lowest BCUT2D eigenvalue weighted by Gasteiger charge is -2.14. The molecule has 0 aromatic heterocycles. The van der Waals surface area contributed by atoms with Crippen molar-refractivity contribution >= 4 is 11.6 Å². The quantitative estimate of drug-likeness (QED) is 0.676. The van der Waals surface area contributed by atoms with Crippen molar-refractivity contribution in [1.29, 1.82) is 5.26 Å². The highest BCUT2D eigenvalue weighted by Gasteiger charge is 2.26. The maximum Gasteiger partial charge on any atom is 0.285 e. The smallest absolute Gasteiger partial charge is 0.285 e. The first-order valence-corrected chi connectivity index (χ1v) is 5.61. The lowest BCUT2D eigenvalue weighted by Crippen LogP contribution is -2.37. The van der Waals surface area contributed by atoms with Crippen LogP contribution in [0.15, 0.2) is 12.1 Å². The molecule has 8 heteroatoms. The number of nitrogens with zero attached hydrogens (tertiary/aromatic N) is 2. The van der Waals surface area contributed by atoms with E-state index in [1.165, 1.54) is 0 Å². The molecule has 1 atom stereocenters. The monoisotopic (exact) mass is 283 g/mol. The van der Waals surface area contributed by atoms with Crippen LogP contribution in [0.25, 0.3) is 0 Å². The SMILES string of the molecule is CC(C)C(C#N)NC(=O)c1cc(F)c(F)cc1[N+](=O)[O-]. The topological polar surface area (TPSA) is 96.0 Å². The van der Waals surface area contributed by atoms with E-state index in [1.807, 2.05) is 6.07 Å². The van der Waals surface area contributed by atoms with Crippen LogP contribution < -0.4 is 5.32 Å². The number of rotatable bonds is 4. The molecule has 0 saturated carbocycles. The molecule has 0 heterocycles. The molecule has 0 aliphatic carbocycles. The summed E-state index contributed by atoms with van der Waals surface area (Å²) in [5.74, 6) is -4.04. The van der Waals surface area contributed by atoms with Gasteiger partial charge in [0, 0.05) is 0 Å². The minimum atomic E-state index is -1.42. The predicted octanol–water partition coefficient (Wildman–Crippen LogP) is 2.15. The Balaban J connectivity index is 3.19. The lowest BCUT2D eigenvalue weighted by atomic mass is 10.0. The number of carbonyl (C=O) groups is 1. The van der Waals surface area contributed by atoms with E-state index in [2.05, 4.69) is 5.32 Å². The Hall–Kier alpha value is -2.56. The van der Waals surface area contributed by atoms with Gasteiger partial charge < -0.3 is 5.32 Å². The van der Waals surface area contributed by atoms with Crippen LogP contribution in [-0.2, 0) is 0 Å². The first-order valence-electron chi connectivity index (χ1n) is 5.61. The van der Waals surface area contributed by atoms with Crippen molar-refractivity contribution in [3.05, 3.63) is 39.4 Å². The molecule has 106 valence electrons. The van der Waals surface area contributed by atoms with Crippen molar-refractivity contribution in [2.75, 3.05) is 0 Å². The molecule has 6 nitrogen and oxygen atoms in total. The summed E-state index contributed by atoms with van der Waals surface area (Å²) in [6.07, 6.45) is 0. The summed E-state index contributed by atoms with van der Waals surface area (Å²) in [7, 11) is 0. The van der Waals surface area contributed by atoms with Gasteiger partial charge in [0.15, 0.2) is 11.6 Å². The van der Waals surface area contributed by atoms with Gasteiger partial charge in [-0.3, -0.25) is 14.9 Å². The van der Waals surface area contributed by atoms with Crippen LogP contribution in [0.4, 0.5) is 14.5 Å². The van der Waals surface area contributed by atoms with E-state index in [-0.39, 0.29) is 5.92 Å². The van der Waals surface area contributed by atoms with Gasteiger partial charge in [-0.2, -0.15) is 5.26 Å². The largest absolute Gasteiger partial charge is 0.336 e. The van der Waals surface area contributed by atoms with Crippen LogP contribution in [0, 0.1) is 39.0 Å². The van der Waals surface area contributed by atoms with Gasteiger partial charge >= 0.3 is 0 Å². The van der Waals surface area contributed by atoms with Crippen LogP contribution in [0.1, 0.15) is 24.2 Å². The Kier molecular flexibility index (Phi) is 4.69. The molecule has 0 saturated heterocycles. The molecule has 0 spiro atoms. The minimum absolute atomic E-state index is 0.242. The van der Waals surface area contributed by atoms with Gasteiger partial charge in [0.25, 0.3) is 11.6 Å². The summed E-state index contributed by atoms with van der Waals surface area (Å²) >= 11 is 0. The van der Waals surface area contributed by atoms with Crippen molar-refractivity contribution in [1.82, 2.24) is 5.32 Å². The van der Waals surface area contributed by atoms with E-state index in [4.69, 9.17) is 5.26 Å². The molecule has 0 aliphatic heterocycles. The maximum atomic E-state index is 13.1. The second kappa shape index (κ2) is 6.06. The van der Waals surface area contributed by atoms with Crippen molar-refractivity contribution in [3.8, 4) is 6.07 Å². The van der Waals surface area contributed by atoms with E-state index >= 15 is 0 Å². The first-order chi connectivity index (χ1) is 9.27. The molecule has 0 aliphatic rings. The third-order valence-electron chi connectivity index (χ3n) is 2.57. The Labute approximate surface area is 113 Å². The third-order valence-corrected chi connectivity index (χ3v) is 2.57. The summed E-state index contributed by atoms with van der Waals surface area (Å²) in [5, 5.41) is 21.8. The van der Waals surface area contributed by atoms with E-state index < -0.39 is 39.8 Å². The number of hydrogen-bond acceptors (Lipinski definition) is 4. The van der Waals surface area contributed by atoms with Gasteiger partial charge in [0.2, 0.25) is 0 Å². The predicted molar refractivity (Wildman–Crippen MR) is 64.7 cm³/mol. The highest BCUT2D eigenvalue weighted by molar-refractivity contribution is 5.98. The molecule has 1 unspecified atom stereocenters. The molecule has 0 bridgehead atoms. The number of nitriles is 1. The second-order valence-corrected chi connectivity index (χ2v) is 4.36. The lowest BCUT2D eigenvalue weighted by molar-refractivity contribution is -0.385. The fourth-order valence-electron chi connectivity index (χ4n) is 1.44. The maximum absolute atomic E-state index is 13.1. The minimum Gasteiger partial charge on any atom is -0.336 e. The molecule has 1 aromatic rings. The number of amides is 1. The van der Waals surface area contributed by atoms with Crippen LogP contribution in [0.2, 0.25) is 0 Å². The molecular weight excluding hydrogens is 272 g/mol. The molecule has 1 aromatic carbocycles. The van der Waals surface area contributed by atoms with E-state index in [0.717, 1.165) is 0 Å². The Morgan fingerprint density at radius 2 is 1.95 bits per heavy atom. The Morgan fingerprint density at radius 3 is 2.40 bits per heavy atom. The molecule has 0 radical (unpaired) electrons. The fourth-order valence-corrected chi connectivity index (χ4v) is 1.44. The third kappa shape index (κ3) is 3.26. The van der Waals surface area contributed by atoms with Crippen LogP contribution in [-0.4, -0.2) is 16.9 Å². The number of hydrogen-bond donors (Lipinski definition) is 1. The van der Waals surface area contributed by atoms with Gasteiger partial charge in [-0.15, -0.1) is 0 Å². The van der Waals surface area contributed by atoms with E-state index in [9.17, 15) is 23.7 Å². The number of nitro groups is 1. The fraction of sp³-hybridized carbons (Fsp3) is 0.333. The number of halogens is 2. The number of nitrogens with one attached hydrogen (secondary N) is 1. The van der Waals surface area contributed by atoms with Crippen molar-refractivity contribution in [2.45, 2.75) is 19.9 Å². The summed E-state index contributed by atoms with van der Waals surface area (Å²) in [6.45, 7) is 3.32. The number of carbonyl (C=O) groups excluding carboxylic acids is 1. The molecule has 1 amide bonds. The molecule has 1 rings (SSSR count). The van der Waals surface area contributed by atoms with Crippen molar-refractivity contribution in [3.63, 3.8) is 0 Å². The van der Waals surface area contributed by atoms with Crippen LogP contribution in [0.3, 0.4) is 0 Å². The average molecular weight is 283 g/mol. The van der Waals surface area contributed by atoms with Crippen LogP contribution in [0.5, 0.6) is 0 Å². The zero-order valence-electron chi connectivity index (χ0n) is 10.7. The van der Waals surface area contributed by atoms with Crippen LogP contribution >= 0.6 is 0 Å². The Morgan fingerprint density at radius 1 is 1.40 bits per heavy atom. The zero-order chi connectivity index (χ0) is 15.4. The highest BCUT2D eigenvalue weighted by Crippen LogP contribution is 2.22. The second-order valence-electron chi connectivity index (χ2n) is 4.36. The van der Waals surface area contributed by atoms with E-state index in [0.29, 0.717) is 12.1 Å². The summed E-state index contributed by atoms with van der Waals surface area (Å²) in [4.78, 5) is 21.6.